The second-order valence-corrected chi connectivity index (χ2v) is 9.09. The summed E-state index contributed by atoms with van der Waals surface area (Å²) >= 11 is 0. The molecule has 2 atom stereocenters. The average molecular weight is 508 g/mol. The molecule has 1 amide bonds. The van der Waals surface area contributed by atoms with Crippen LogP contribution in [0.5, 0.6) is 0 Å². The van der Waals surface area contributed by atoms with Gasteiger partial charge in [-0.3, -0.25) is 9.59 Å². The van der Waals surface area contributed by atoms with Crippen molar-refractivity contribution in [2.45, 2.75) is 43.9 Å². The van der Waals surface area contributed by atoms with Crippen molar-refractivity contribution in [2.24, 2.45) is 0 Å². The van der Waals surface area contributed by atoms with Gasteiger partial charge in [0.25, 0.3) is 11.5 Å². The van der Waals surface area contributed by atoms with Crippen LogP contribution in [0.15, 0.2) is 71.5 Å². The number of rotatable bonds is 5. The lowest BCUT2D eigenvalue weighted by Gasteiger charge is -2.31. The van der Waals surface area contributed by atoms with E-state index in [0.717, 1.165) is 25.0 Å². The number of hydrogen-bond donors (Lipinski definition) is 3. The highest BCUT2D eigenvalue weighted by Gasteiger charge is 2.34. The van der Waals surface area contributed by atoms with Gasteiger partial charge < -0.3 is 15.6 Å². The number of alkyl halides is 3. The Kier molecular flexibility index (Phi) is 6.64. The highest BCUT2D eigenvalue weighted by molar-refractivity contribution is 5.93. The molecule has 1 saturated carbocycles. The number of anilines is 1. The molecule has 1 aliphatic rings. The number of aromatic amines is 1. The van der Waals surface area contributed by atoms with E-state index in [9.17, 15) is 22.8 Å². The molecule has 5 rings (SSSR count). The molecule has 0 spiro atoms. The zero-order valence-corrected chi connectivity index (χ0v) is 19.7. The van der Waals surface area contributed by atoms with Crippen molar-refractivity contribution in [3.05, 3.63) is 88.5 Å². The van der Waals surface area contributed by atoms with Crippen LogP contribution >= 0.6 is 0 Å². The fourth-order valence-corrected chi connectivity index (χ4v) is 4.68. The van der Waals surface area contributed by atoms with Crippen molar-refractivity contribution >= 4 is 22.5 Å². The summed E-state index contributed by atoms with van der Waals surface area (Å²) in [5.74, 6) is -0.172. The number of H-pyrrole nitrogens is 1. The molecule has 37 heavy (non-hydrogen) atoms. The zero-order chi connectivity index (χ0) is 26.0. The molecule has 0 unspecified atom stereocenters. The van der Waals surface area contributed by atoms with Crippen LogP contribution < -0.4 is 16.2 Å². The summed E-state index contributed by atoms with van der Waals surface area (Å²) in [7, 11) is 0. The van der Waals surface area contributed by atoms with E-state index in [4.69, 9.17) is 0 Å². The molecule has 0 radical (unpaired) electrons. The number of carbonyl (C=O) groups excluding carboxylic acids is 1. The van der Waals surface area contributed by atoms with Gasteiger partial charge in [0.2, 0.25) is 0 Å². The van der Waals surface area contributed by atoms with Crippen LogP contribution in [-0.4, -0.2) is 32.9 Å². The predicted octanol–water partition coefficient (Wildman–Crippen LogP) is 5.16. The Labute approximate surface area is 210 Å². The van der Waals surface area contributed by atoms with Crippen LogP contribution in [0.2, 0.25) is 0 Å². The van der Waals surface area contributed by atoms with Crippen LogP contribution in [0, 0.1) is 0 Å². The first-order chi connectivity index (χ1) is 17.8. The summed E-state index contributed by atoms with van der Waals surface area (Å²) in [4.78, 5) is 35.9. The van der Waals surface area contributed by atoms with Crippen LogP contribution in [0.3, 0.4) is 0 Å². The van der Waals surface area contributed by atoms with E-state index in [1.54, 1.807) is 48.5 Å². The van der Waals surface area contributed by atoms with E-state index in [2.05, 4.69) is 25.6 Å². The first kappa shape index (κ1) is 24.5. The van der Waals surface area contributed by atoms with Crippen LogP contribution in [-0.2, 0) is 6.18 Å². The molecule has 2 heterocycles. The van der Waals surface area contributed by atoms with Crippen LogP contribution in [0.1, 0.15) is 41.9 Å². The smallest absolute Gasteiger partial charge is 0.382 e. The monoisotopic (exact) mass is 507 g/mol. The minimum atomic E-state index is -4.57. The predicted molar refractivity (Wildman–Crippen MR) is 134 cm³/mol. The van der Waals surface area contributed by atoms with Gasteiger partial charge in [-0.15, -0.1) is 0 Å². The van der Waals surface area contributed by atoms with Gasteiger partial charge in [-0.05, 0) is 37.8 Å². The molecule has 3 N–H and O–H groups in total. The first-order valence-electron chi connectivity index (χ1n) is 12.0. The fraction of sp³-hybridized carbons (Fsp3) is 0.259. The second-order valence-electron chi connectivity index (χ2n) is 9.09. The summed E-state index contributed by atoms with van der Waals surface area (Å²) in [6, 6.07) is 17.5. The number of halogens is 3. The Bertz CT molecular complexity index is 1490. The Hall–Kier alpha value is -4.21. The van der Waals surface area contributed by atoms with E-state index >= 15 is 0 Å². The van der Waals surface area contributed by atoms with Crippen molar-refractivity contribution in [3.8, 4) is 11.4 Å². The molecule has 4 aromatic rings. The number of para-hydroxylation sites is 1. The topological polar surface area (TPSA) is 99.8 Å². The van der Waals surface area contributed by atoms with Gasteiger partial charge in [-0.1, -0.05) is 48.5 Å². The molecule has 0 saturated heterocycles. The molecule has 2 aromatic heterocycles. The standard InChI is InChI=1S/C27H24F3N5O2/c28-27(29,30)23-14-21(19-11-4-5-12-20(19)33-23)31-17-9-6-10-18(13-17)32-26(37)22-15-24(36)35-25(34-22)16-7-2-1-3-8-16/h1-5,7-8,11-12,14-15,17-18H,6,9-10,13H2,(H,31,33)(H,32,37)(H,34,35,36)/t17-,18+/m0/s1. The van der Waals surface area contributed by atoms with Crippen molar-refractivity contribution < 1.29 is 18.0 Å². The minimum Gasteiger partial charge on any atom is -0.382 e. The Balaban J connectivity index is 1.32. The van der Waals surface area contributed by atoms with Gasteiger partial charge >= 0.3 is 6.18 Å². The third kappa shape index (κ3) is 5.63. The Morgan fingerprint density at radius 2 is 1.68 bits per heavy atom. The average Bonchev–Trinajstić information content (AvgIpc) is 2.88. The number of pyridine rings is 1. The summed E-state index contributed by atoms with van der Waals surface area (Å²) in [5, 5.41) is 6.80. The van der Waals surface area contributed by atoms with Crippen molar-refractivity contribution in [2.75, 3.05) is 5.32 Å². The second kappa shape index (κ2) is 10.0. The zero-order valence-electron chi connectivity index (χ0n) is 19.7. The molecule has 0 bridgehead atoms. The van der Waals surface area contributed by atoms with E-state index in [0.29, 0.717) is 35.3 Å². The van der Waals surface area contributed by atoms with E-state index < -0.39 is 23.3 Å². The number of fused-ring (bicyclic) bond motifs is 1. The quantitative estimate of drug-likeness (QED) is 0.347. The molecule has 1 aliphatic carbocycles. The minimum absolute atomic E-state index is 0.00707. The maximum absolute atomic E-state index is 13.4. The Morgan fingerprint density at radius 3 is 2.46 bits per heavy atom. The van der Waals surface area contributed by atoms with Gasteiger partial charge in [0.1, 0.15) is 17.2 Å². The van der Waals surface area contributed by atoms with E-state index in [-0.39, 0.29) is 23.3 Å². The SMILES string of the molecule is O=C(N[C@@H]1CCC[C@H](Nc2cc(C(F)(F)F)nc3ccccc23)C1)c1cc(=O)[nH]c(-c2ccccc2)n1. The molecule has 10 heteroatoms. The van der Waals surface area contributed by atoms with Crippen molar-refractivity contribution in [1.29, 1.82) is 0 Å². The number of nitrogens with zero attached hydrogens (tertiary/aromatic N) is 2. The summed E-state index contributed by atoms with van der Waals surface area (Å²) < 4.78 is 40.3. The third-order valence-corrected chi connectivity index (χ3v) is 6.40. The third-order valence-electron chi connectivity index (χ3n) is 6.40. The molecule has 2 aromatic carbocycles. The van der Waals surface area contributed by atoms with Gasteiger partial charge in [0, 0.05) is 34.8 Å². The highest BCUT2D eigenvalue weighted by atomic mass is 19.4. The lowest BCUT2D eigenvalue weighted by atomic mass is 9.90. The maximum atomic E-state index is 13.4. The Morgan fingerprint density at radius 1 is 0.946 bits per heavy atom. The summed E-state index contributed by atoms with van der Waals surface area (Å²) in [6.45, 7) is 0. The summed E-state index contributed by atoms with van der Waals surface area (Å²) in [6.07, 6.45) is -1.83. The van der Waals surface area contributed by atoms with Gasteiger partial charge in [0.15, 0.2) is 0 Å². The maximum Gasteiger partial charge on any atom is 0.433 e. The number of benzene rings is 2. The number of nitrogens with one attached hydrogen (secondary N) is 3. The van der Waals surface area contributed by atoms with Gasteiger partial charge in [0.05, 0.1) is 5.52 Å². The van der Waals surface area contributed by atoms with E-state index in [1.165, 1.54) is 0 Å². The first-order valence-corrected chi connectivity index (χ1v) is 12.0. The van der Waals surface area contributed by atoms with Crippen molar-refractivity contribution in [1.82, 2.24) is 20.3 Å². The number of hydrogen-bond acceptors (Lipinski definition) is 5. The summed E-state index contributed by atoms with van der Waals surface area (Å²) in [5.41, 5.74) is -0.0865. The molecule has 190 valence electrons. The lowest BCUT2D eigenvalue weighted by Crippen LogP contribution is -2.42. The normalized spacial score (nSPS) is 17.9. The lowest BCUT2D eigenvalue weighted by molar-refractivity contribution is -0.140. The van der Waals surface area contributed by atoms with Crippen molar-refractivity contribution in [3.63, 3.8) is 0 Å². The number of aromatic nitrogens is 3. The molecular weight excluding hydrogens is 483 g/mol. The van der Waals surface area contributed by atoms with Crippen LogP contribution in [0.4, 0.5) is 18.9 Å². The van der Waals surface area contributed by atoms with Gasteiger partial charge in [-0.2, -0.15) is 13.2 Å². The van der Waals surface area contributed by atoms with Crippen LogP contribution in [0.25, 0.3) is 22.3 Å². The van der Waals surface area contributed by atoms with E-state index in [1.807, 2.05) is 6.07 Å². The number of amides is 1. The molecule has 1 fully saturated rings. The number of carbonyl (C=O) groups is 1. The molecular formula is C27H24F3N5O2. The molecule has 0 aliphatic heterocycles. The molecule has 7 nitrogen and oxygen atoms in total. The highest BCUT2D eigenvalue weighted by Crippen LogP contribution is 2.34. The largest absolute Gasteiger partial charge is 0.433 e. The van der Waals surface area contributed by atoms with Gasteiger partial charge in [-0.25, -0.2) is 9.97 Å². The fourth-order valence-electron chi connectivity index (χ4n) is 4.68.